The predicted octanol–water partition coefficient (Wildman–Crippen LogP) is 0.0802. The summed E-state index contributed by atoms with van der Waals surface area (Å²) in [5.41, 5.74) is 0.0612. The number of guanidine groups is 1. The molecule has 1 atom stereocenters. The number of nitrogens with zero attached hydrogens (tertiary/aromatic N) is 2. The van der Waals surface area contributed by atoms with Crippen molar-refractivity contribution in [2.75, 3.05) is 39.3 Å². The van der Waals surface area contributed by atoms with Crippen molar-refractivity contribution in [3.8, 4) is 0 Å². The number of carbonyl (C=O) groups excluding carboxylic acids is 2. The van der Waals surface area contributed by atoms with Gasteiger partial charge in [-0.2, -0.15) is 0 Å². The monoisotopic (exact) mass is 335 g/mol. The maximum Gasteiger partial charge on any atom is 0.223 e. The largest absolute Gasteiger partial charge is 0.357 e. The van der Waals surface area contributed by atoms with Gasteiger partial charge in [0.1, 0.15) is 0 Å². The Morgan fingerprint density at radius 1 is 1.42 bits per heavy atom. The number of likely N-dealkylation sites (tertiary alicyclic amines) is 1. The molecule has 1 saturated carbocycles. The Bertz CT molecular complexity index is 517. The summed E-state index contributed by atoms with van der Waals surface area (Å²) in [5, 5.41) is 9.28. The van der Waals surface area contributed by atoms with E-state index >= 15 is 0 Å². The van der Waals surface area contributed by atoms with E-state index in [0.29, 0.717) is 19.5 Å². The van der Waals surface area contributed by atoms with E-state index in [1.165, 1.54) is 0 Å². The molecule has 2 heterocycles. The van der Waals surface area contributed by atoms with Crippen molar-refractivity contribution >= 4 is 17.8 Å². The normalized spacial score (nSPS) is 27.3. The number of rotatable bonds is 5. The van der Waals surface area contributed by atoms with E-state index in [0.717, 1.165) is 57.8 Å². The van der Waals surface area contributed by atoms with Gasteiger partial charge in [-0.15, -0.1) is 0 Å². The quantitative estimate of drug-likeness (QED) is 0.377. The van der Waals surface area contributed by atoms with Gasteiger partial charge in [-0.25, -0.2) is 0 Å². The first-order valence-electron chi connectivity index (χ1n) is 9.19. The molecule has 1 spiro atoms. The fourth-order valence-electron chi connectivity index (χ4n) is 3.69. The summed E-state index contributed by atoms with van der Waals surface area (Å²) in [6, 6.07) is 0. The van der Waals surface area contributed by atoms with E-state index in [-0.39, 0.29) is 23.1 Å². The Kier molecular flexibility index (Phi) is 5.26. The van der Waals surface area contributed by atoms with Gasteiger partial charge in [0.05, 0.1) is 6.54 Å². The van der Waals surface area contributed by atoms with E-state index in [9.17, 15) is 9.59 Å². The van der Waals surface area contributed by atoms with Gasteiger partial charge in [-0.3, -0.25) is 14.6 Å². The van der Waals surface area contributed by atoms with E-state index in [1.54, 1.807) is 0 Å². The van der Waals surface area contributed by atoms with Crippen molar-refractivity contribution in [3.05, 3.63) is 0 Å². The lowest BCUT2D eigenvalue weighted by Gasteiger charge is -2.40. The van der Waals surface area contributed by atoms with Gasteiger partial charge in [0, 0.05) is 50.5 Å². The average molecular weight is 335 g/mol. The van der Waals surface area contributed by atoms with Crippen LogP contribution in [0.3, 0.4) is 0 Å². The summed E-state index contributed by atoms with van der Waals surface area (Å²) in [4.78, 5) is 30.2. The van der Waals surface area contributed by atoms with E-state index in [2.05, 4.69) is 32.8 Å². The lowest BCUT2D eigenvalue weighted by atomic mass is 9.79. The van der Waals surface area contributed by atoms with Gasteiger partial charge in [-0.1, -0.05) is 0 Å². The fraction of sp³-hybridized carbons (Fsp3) is 0.824. The molecular weight excluding hydrogens is 306 g/mol. The van der Waals surface area contributed by atoms with Crippen molar-refractivity contribution < 1.29 is 9.59 Å². The van der Waals surface area contributed by atoms with Gasteiger partial charge in [0.15, 0.2) is 5.96 Å². The van der Waals surface area contributed by atoms with Gasteiger partial charge in [0.2, 0.25) is 11.8 Å². The third-order valence-electron chi connectivity index (χ3n) is 5.11. The van der Waals surface area contributed by atoms with Crippen LogP contribution in [0, 0.1) is 11.3 Å². The highest BCUT2D eigenvalue weighted by Crippen LogP contribution is 2.36. The van der Waals surface area contributed by atoms with Crippen LogP contribution in [0.15, 0.2) is 4.99 Å². The first kappa shape index (κ1) is 17.0. The summed E-state index contributed by atoms with van der Waals surface area (Å²) in [5.74, 6) is 1.48. The average Bonchev–Trinajstić information content (AvgIpc) is 3.36. The van der Waals surface area contributed by atoms with Gasteiger partial charge in [0.25, 0.3) is 0 Å². The molecular formula is C17H29N5O2. The van der Waals surface area contributed by atoms with E-state index in [4.69, 9.17) is 0 Å². The second-order valence-electron chi connectivity index (χ2n) is 7.28. The second-order valence-corrected chi connectivity index (χ2v) is 7.28. The highest BCUT2D eigenvalue weighted by molar-refractivity contribution is 5.82. The highest BCUT2D eigenvalue weighted by Gasteiger charge is 2.42. The van der Waals surface area contributed by atoms with Crippen LogP contribution in [0.4, 0.5) is 0 Å². The zero-order valence-electron chi connectivity index (χ0n) is 14.6. The second kappa shape index (κ2) is 7.40. The molecule has 1 aliphatic carbocycles. The number of amides is 2. The predicted molar refractivity (Wildman–Crippen MR) is 92.6 cm³/mol. The topological polar surface area (TPSA) is 85.8 Å². The van der Waals surface area contributed by atoms with Crippen LogP contribution >= 0.6 is 0 Å². The van der Waals surface area contributed by atoms with Crippen LogP contribution in [-0.4, -0.2) is 61.9 Å². The Balaban J connectivity index is 1.54. The van der Waals surface area contributed by atoms with Crippen molar-refractivity contribution in [1.29, 1.82) is 0 Å². The lowest BCUT2D eigenvalue weighted by molar-refractivity contribution is -0.122. The van der Waals surface area contributed by atoms with Crippen molar-refractivity contribution in [1.82, 2.24) is 20.9 Å². The molecule has 7 heteroatoms. The molecule has 0 bridgehead atoms. The Hall–Kier alpha value is -1.79. The zero-order valence-corrected chi connectivity index (χ0v) is 14.6. The van der Waals surface area contributed by atoms with E-state index < -0.39 is 0 Å². The molecule has 2 aliphatic heterocycles. The molecule has 2 saturated heterocycles. The smallest absolute Gasteiger partial charge is 0.223 e. The molecule has 24 heavy (non-hydrogen) atoms. The third kappa shape index (κ3) is 4.19. The minimum atomic E-state index is 0.0612. The summed E-state index contributed by atoms with van der Waals surface area (Å²) in [6.45, 7) is 6.66. The minimum absolute atomic E-state index is 0.0612. The van der Waals surface area contributed by atoms with Crippen molar-refractivity contribution in [2.24, 2.45) is 16.3 Å². The molecule has 3 fully saturated rings. The molecule has 3 aliphatic rings. The summed E-state index contributed by atoms with van der Waals surface area (Å²) in [6.07, 6.45) is 4.86. The summed E-state index contributed by atoms with van der Waals surface area (Å²) >= 11 is 0. The maximum absolute atomic E-state index is 11.7. The zero-order chi connectivity index (χ0) is 17.0. The molecule has 3 rings (SSSR count). The minimum Gasteiger partial charge on any atom is -0.357 e. The molecule has 0 aromatic rings. The van der Waals surface area contributed by atoms with Gasteiger partial charge in [-0.05, 0) is 32.6 Å². The molecule has 0 aromatic heterocycles. The van der Waals surface area contributed by atoms with Crippen LogP contribution in [0.25, 0.3) is 0 Å². The number of aliphatic imine (C=N–C) groups is 1. The van der Waals surface area contributed by atoms with Crippen LogP contribution < -0.4 is 16.0 Å². The summed E-state index contributed by atoms with van der Waals surface area (Å²) < 4.78 is 0. The van der Waals surface area contributed by atoms with Gasteiger partial charge >= 0.3 is 0 Å². The van der Waals surface area contributed by atoms with Crippen LogP contribution in [0.1, 0.15) is 39.0 Å². The Labute approximate surface area is 143 Å². The molecule has 134 valence electrons. The summed E-state index contributed by atoms with van der Waals surface area (Å²) in [7, 11) is 0. The molecule has 0 aromatic carbocycles. The van der Waals surface area contributed by atoms with Crippen LogP contribution in [0.2, 0.25) is 0 Å². The molecule has 0 radical (unpaired) electrons. The lowest BCUT2D eigenvalue weighted by Crippen LogP contribution is -2.51. The standard InChI is InChI=1S/C17H29N5O2/c1-2-18-16(20-8-7-19-15(24)13-4-5-13)22-9-3-6-17(12-22)10-14(23)21-11-17/h13H,2-12H2,1H3,(H,18,20)(H,19,24)(H,21,23). The van der Waals surface area contributed by atoms with Gasteiger partial charge < -0.3 is 20.9 Å². The molecule has 2 amide bonds. The highest BCUT2D eigenvalue weighted by atomic mass is 16.2. The Morgan fingerprint density at radius 2 is 2.25 bits per heavy atom. The fourth-order valence-corrected chi connectivity index (χ4v) is 3.69. The Morgan fingerprint density at radius 3 is 2.92 bits per heavy atom. The molecule has 3 N–H and O–H groups in total. The molecule has 7 nitrogen and oxygen atoms in total. The number of hydrogen-bond donors (Lipinski definition) is 3. The van der Waals surface area contributed by atoms with Crippen LogP contribution in [-0.2, 0) is 9.59 Å². The number of nitrogens with one attached hydrogen (secondary N) is 3. The van der Waals surface area contributed by atoms with E-state index in [1.807, 2.05) is 0 Å². The van der Waals surface area contributed by atoms with Crippen LogP contribution in [0.5, 0.6) is 0 Å². The first-order valence-corrected chi connectivity index (χ1v) is 9.19. The molecule has 1 unspecified atom stereocenters. The maximum atomic E-state index is 11.7. The van der Waals surface area contributed by atoms with Crippen molar-refractivity contribution in [2.45, 2.75) is 39.0 Å². The number of piperidine rings is 1. The third-order valence-corrected chi connectivity index (χ3v) is 5.11. The number of hydrogen-bond acceptors (Lipinski definition) is 3. The number of carbonyl (C=O) groups is 2. The van der Waals surface area contributed by atoms with Crippen molar-refractivity contribution in [3.63, 3.8) is 0 Å². The SMILES string of the molecule is CCNC(=NCCNC(=O)C1CC1)N1CCCC2(CNC(=O)C2)C1. The first-order chi connectivity index (χ1) is 11.6.